The van der Waals surface area contributed by atoms with Crippen molar-refractivity contribution in [2.75, 3.05) is 17.4 Å². The van der Waals surface area contributed by atoms with Gasteiger partial charge < -0.3 is 5.73 Å². The van der Waals surface area contributed by atoms with Crippen LogP contribution < -0.4 is 16.7 Å². The van der Waals surface area contributed by atoms with E-state index >= 15 is 0 Å². The fourth-order valence-corrected chi connectivity index (χ4v) is 2.04. The van der Waals surface area contributed by atoms with Crippen LogP contribution in [0.25, 0.3) is 0 Å². The molecule has 0 radical (unpaired) electrons. The Labute approximate surface area is 107 Å². The predicted octanol–water partition coefficient (Wildman–Crippen LogP) is -0.0142. The minimum atomic E-state index is -0.756. The van der Waals surface area contributed by atoms with Gasteiger partial charge in [0.05, 0.1) is 4.90 Å². The van der Waals surface area contributed by atoms with E-state index in [1.54, 1.807) is 12.3 Å². The fraction of sp³-hybridized carbons (Fsp3) is 0.200. The summed E-state index contributed by atoms with van der Waals surface area (Å²) >= 11 is 1.08. The van der Waals surface area contributed by atoms with Crippen molar-refractivity contribution in [2.45, 2.75) is 11.8 Å². The van der Waals surface area contributed by atoms with Crippen LogP contribution in [0.3, 0.4) is 0 Å². The zero-order chi connectivity index (χ0) is 13.9. The van der Waals surface area contributed by atoms with Gasteiger partial charge in [-0.05, 0) is 6.26 Å². The molecule has 0 atom stereocenters. The van der Waals surface area contributed by atoms with Crippen molar-refractivity contribution in [3.63, 3.8) is 0 Å². The number of nitrogen functional groups attached to an aromatic ring is 1. The zero-order valence-electron chi connectivity index (χ0n) is 9.64. The molecule has 0 saturated carbocycles. The average Bonchev–Trinajstić information content (AvgIpc) is 2.33. The maximum Gasteiger partial charge on any atom is 0.290 e. The molecule has 1 aromatic rings. The number of hydrogen-bond acceptors (Lipinski definition) is 6. The van der Waals surface area contributed by atoms with Gasteiger partial charge in [0.1, 0.15) is 29.1 Å². The largest absolute Gasteiger partial charge is 0.382 e. The normalized spacial score (nSPS) is 9.33. The Morgan fingerprint density at radius 3 is 2.33 bits per heavy atom. The number of nitriles is 2. The smallest absolute Gasteiger partial charge is 0.290 e. The number of nitrogens with two attached hydrogens (primary N) is 1. The number of nitrogens with one attached hydrogen (secondary N) is 1. The van der Waals surface area contributed by atoms with Gasteiger partial charge in [-0.3, -0.25) is 15.0 Å². The van der Waals surface area contributed by atoms with E-state index in [2.05, 4.69) is 5.43 Å². The fourth-order valence-electron chi connectivity index (χ4n) is 1.35. The number of amides is 1. The van der Waals surface area contributed by atoms with Crippen LogP contribution in [0.1, 0.15) is 18.1 Å². The first-order valence-corrected chi connectivity index (χ1v) is 5.90. The van der Waals surface area contributed by atoms with Crippen molar-refractivity contribution in [3.05, 3.63) is 21.5 Å². The summed E-state index contributed by atoms with van der Waals surface area (Å²) in [6.07, 6.45) is 1.62. The molecule has 1 aromatic heterocycles. The zero-order valence-corrected chi connectivity index (χ0v) is 10.5. The number of carbonyl (C=O) groups excluding carboxylic acids is 1. The van der Waals surface area contributed by atoms with Crippen LogP contribution in [0, 0.1) is 22.7 Å². The number of anilines is 1. The molecule has 0 aliphatic heterocycles. The Morgan fingerprint density at radius 1 is 1.39 bits per heavy atom. The molecule has 18 heavy (non-hydrogen) atoms. The van der Waals surface area contributed by atoms with Gasteiger partial charge in [-0.15, -0.1) is 11.8 Å². The third kappa shape index (κ3) is 2.14. The number of rotatable bonds is 2. The van der Waals surface area contributed by atoms with Gasteiger partial charge in [0, 0.05) is 6.92 Å². The van der Waals surface area contributed by atoms with Crippen LogP contribution >= 0.6 is 11.8 Å². The lowest BCUT2D eigenvalue weighted by atomic mass is 10.2. The molecular weight excluding hydrogens is 254 g/mol. The standard InChI is InChI=1S/C10H9N5O2S/c1-5(16)14-15-9(13)6(3-11)8(18-2)7(4-12)10(15)17/h13H2,1-2H3,(H,14,16). The second-order valence-electron chi connectivity index (χ2n) is 3.20. The molecule has 1 rings (SSSR count). The lowest BCUT2D eigenvalue weighted by Gasteiger charge is -2.13. The van der Waals surface area contributed by atoms with Gasteiger partial charge in [-0.25, -0.2) is 0 Å². The van der Waals surface area contributed by atoms with E-state index in [1.807, 2.05) is 6.07 Å². The van der Waals surface area contributed by atoms with Crippen LogP contribution in [0.15, 0.2) is 9.69 Å². The summed E-state index contributed by atoms with van der Waals surface area (Å²) in [5, 5.41) is 18.0. The lowest BCUT2D eigenvalue weighted by molar-refractivity contribution is -0.115. The third-order valence-electron chi connectivity index (χ3n) is 2.07. The topological polar surface area (TPSA) is 125 Å². The summed E-state index contributed by atoms with van der Waals surface area (Å²) < 4.78 is 0.708. The van der Waals surface area contributed by atoms with E-state index in [9.17, 15) is 9.59 Å². The number of carbonyl (C=O) groups is 1. The van der Waals surface area contributed by atoms with Crippen LogP contribution in [0.2, 0.25) is 0 Å². The van der Waals surface area contributed by atoms with Crippen LogP contribution in [-0.4, -0.2) is 16.8 Å². The van der Waals surface area contributed by atoms with Gasteiger partial charge in [-0.2, -0.15) is 15.2 Å². The molecule has 8 heteroatoms. The summed E-state index contributed by atoms with van der Waals surface area (Å²) in [5.41, 5.74) is 6.83. The maximum atomic E-state index is 11.9. The van der Waals surface area contributed by atoms with Gasteiger partial charge in [-0.1, -0.05) is 0 Å². The van der Waals surface area contributed by atoms with Crippen molar-refractivity contribution in [2.24, 2.45) is 0 Å². The summed E-state index contributed by atoms with van der Waals surface area (Å²) in [7, 11) is 0. The summed E-state index contributed by atoms with van der Waals surface area (Å²) in [5.74, 6) is -0.727. The van der Waals surface area contributed by atoms with Crippen molar-refractivity contribution < 1.29 is 4.79 Å². The Hall–Kier alpha value is -2.45. The predicted molar refractivity (Wildman–Crippen MR) is 66.4 cm³/mol. The van der Waals surface area contributed by atoms with Crippen LogP contribution in [0.4, 0.5) is 5.82 Å². The minimum absolute atomic E-state index is 0.00704. The first kappa shape index (κ1) is 13.6. The van der Waals surface area contributed by atoms with Gasteiger partial charge >= 0.3 is 0 Å². The highest BCUT2D eigenvalue weighted by Crippen LogP contribution is 2.25. The Kier molecular flexibility index (Phi) is 3.97. The second-order valence-corrected chi connectivity index (χ2v) is 4.02. The summed E-state index contributed by atoms with van der Waals surface area (Å²) in [6.45, 7) is 1.19. The monoisotopic (exact) mass is 263 g/mol. The highest BCUT2D eigenvalue weighted by molar-refractivity contribution is 7.98. The molecule has 0 aliphatic rings. The molecule has 1 amide bonds. The van der Waals surface area contributed by atoms with Crippen LogP contribution in [0.5, 0.6) is 0 Å². The molecule has 7 nitrogen and oxygen atoms in total. The molecule has 0 fully saturated rings. The first-order chi connectivity index (χ1) is 8.47. The molecular formula is C10H9N5O2S. The Morgan fingerprint density at radius 2 is 1.94 bits per heavy atom. The average molecular weight is 263 g/mol. The number of hydrogen-bond donors (Lipinski definition) is 2. The van der Waals surface area contributed by atoms with E-state index in [0.717, 1.165) is 11.8 Å². The second kappa shape index (κ2) is 5.25. The van der Waals surface area contributed by atoms with E-state index in [0.29, 0.717) is 4.68 Å². The minimum Gasteiger partial charge on any atom is -0.382 e. The number of thioether (sulfide) groups is 1. The van der Waals surface area contributed by atoms with Gasteiger partial charge in [0.2, 0.25) is 5.91 Å². The number of pyridine rings is 1. The molecule has 0 aromatic carbocycles. The molecule has 1 heterocycles. The Bertz CT molecular complexity index is 650. The van der Waals surface area contributed by atoms with E-state index in [1.165, 1.54) is 6.92 Å². The molecule has 0 saturated heterocycles. The SMILES string of the molecule is CSc1c(C#N)c(N)n(NC(C)=O)c(=O)c1C#N. The third-order valence-corrected chi connectivity index (χ3v) is 2.88. The van der Waals surface area contributed by atoms with Gasteiger partial charge in [0.15, 0.2) is 0 Å². The quantitative estimate of drug-likeness (QED) is 0.723. The highest BCUT2D eigenvalue weighted by Gasteiger charge is 2.20. The highest BCUT2D eigenvalue weighted by atomic mass is 32.2. The molecule has 0 bridgehead atoms. The van der Waals surface area contributed by atoms with E-state index < -0.39 is 11.5 Å². The molecule has 3 N–H and O–H groups in total. The van der Waals surface area contributed by atoms with E-state index in [-0.39, 0.29) is 21.8 Å². The van der Waals surface area contributed by atoms with Crippen LogP contribution in [-0.2, 0) is 4.79 Å². The van der Waals surface area contributed by atoms with Crippen molar-refractivity contribution in [1.82, 2.24) is 4.68 Å². The summed E-state index contributed by atoms with van der Waals surface area (Å²) in [6, 6.07) is 3.54. The van der Waals surface area contributed by atoms with Crippen molar-refractivity contribution in [1.29, 1.82) is 10.5 Å². The Balaban J connectivity index is 3.79. The maximum absolute atomic E-state index is 11.9. The first-order valence-electron chi connectivity index (χ1n) is 4.68. The number of aromatic nitrogens is 1. The van der Waals surface area contributed by atoms with Crippen molar-refractivity contribution >= 4 is 23.5 Å². The lowest BCUT2D eigenvalue weighted by Crippen LogP contribution is -2.36. The molecule has 92 valence electrons. The van der Waals surface area contributed by atoms with Gasteiger partial charge in [0.25, 0.3) is 5.56 Å². The molecule has 0 unspecified atom stereocenters. The van der Waals surface area contributed by atoms with Crippen molar-refractivity contribution in [3.8, 4) is 12.1 Å². The molecule has 0 spiro atoms. The van der Waals surface area contributed by atoms with E-state index in [4.69, 9.17) is 16.3 Å². The summed E-state index contributed by atoms with van der Waals surface area (Å²) in [4.78, 5) is 23.1. The molecule has 0 aliphatic carbocycles. The number of nitrogens with zero attached hydrogens (tertiary/aromatic N) is 3.